The first-order valence-corrected chi connectivity index (χ1v) is 4.11. The van der Waals surface area contributed by atoms with Crippen LogP contribution in [0.3, 0.4) is 0 Å². The van der Waals surface area contributed by atoms with Gasteiger partial charge in [-0.1, -0.05) is 0 Å². The molecule has 0 fully saturated rings. The van der Waals surface area contributed by atoms with Gasteiger partial charge in [-0.05, 0) is 0 Å². The van der Waals surface area contributed by atoms with E-state index in [1.54, 1.807) is 4.57 Å². The normalized spacial score (nSPS) is 19.9. The fraction of sp³-hybridized carbons (Fsp3) is 0.714. The third-order valence-electron chi connectivity index (χ3n) is 2.20. The molecule has 2 N–H and O–H groups in total. The fourth-order valence-corrected chi connectivity index (χ4v) is 1.51. The molecule has 0 radical (unpaired) electrons. The molecule has 1 aromatic heterocycles. The Balaban J connectivity index is 2.33. The summed E-state index contributed by atoms with van der Waals surface area (Å²) in [7, 11) is 0. The summed E-state index contributed by atoms with van der Waals surface area (Å²) in [6.07, 6.45) is -0.467. The molecule has 6 heteroatoms. The highest BCUT2D eigenvalue weighted by molar-refractivity contribution is 5.02. The minimum atomic E-state index is -2.63. The molecule has 0 spiro atoms. The lowest BCUT2D eigenvalue weighted by Gasteiger charge is -2.22. The highest BCUT2D eigenvalue weighted by Crippen LogP contribution is 2.28. The quantitative estimate of drug-likeness (QED) is 0.690. The number of nitrogens with two attached hydrogens (primary N) is 1. The van der Waals surface area contributed by atoms with E-state index in [0.717, 1.165) is 0 Å². The number of aromatic nitrogens is 3. The second-order valence-corrected chi connectivity index (χ2v) is 3.17. The molecule has 2 rings (SSSR count). The Morgan fingerprint density at radius 3 is 2.92 bits per heavy atom. The van der Waals surface area contributed by atoms with E-state index in [1.807, 2.05) is 0 Å². The standard InChI is InChI=1S/C7H10F2N4/c8-7(9)1-2-13-5(3-7)11-12-6(13)4-10/h1-4,10H2. The van der Waals surface area contributed by atoms with Crippen molar-refractivity contribution in [3.63, 3.8) is 0 Å². The van der Waals surface area contributed by atoms with Crippen molar-refractivity contribution in [1.29, 1.82) is 0 Å². The van der Waals surface area contributed by atoms with Crippen LogP contribution < -0.4 is 5.73 Å². The third kappa shape index (κ3) is 1.41. The summed E-state index contributed by atoms with van der Waals surface area (Å²) >= 11 is 0. The van der Waals surface area contributed by atoms with Crippen molar-refractivity contribution in [2.45, 2.75) is 31.9 Å². The monoisotopic (exact) mass is 188 g/mol. The Kier molecular flexibility index (Phi) is 1.80. The number of fused-ring (bicyclic) bond motifs is 1. The van der Waals surface area contributed by atoms with E-state index in [4.69, 9.17) is 5.73 Å². The Morgan fingerprint density at radius 1 is 1.46 bits per heavy atom. The van der Waals surface area contributed by atoms with Gasteiger partial charge in [-0.25, -0.2) is 8.78 Å². The van der Waals surface area contributed by atoms with Crippen LogP contribution in [-0.2, 0) is 19.5 Å². The molecule has 1 aliphatic rings. The third-order valence-corrected chi connectivity index (χ3v) is 2.20. The highest BCUT2D eigenvalue weighted by Gasteiger charge is 2.36. The molecule has 4 nitrogen and oxygen atoms in total. The summed E-state index contributed by atoms with van der Waals surface area (Å²) in [6, 6.07) is 0. The van der Waals surface area contributed by atoms with Crippen LogP contribution in [0.1, 0.15) is 18.1 Å². The number of rotatable bonds is 1. The van der Waals surface area contributed by atoms with Crippen molar-refractivity contribution >= 4 is 0 Å². The lowest BCUT2D eigenvalue weighted by atomic mass is 10.1. The SMILES string of the molecule is NCc1nnc2n1CCC(F)(F)C2. The molecule has 0 atom stereocenters. The summed E-state index contributed by atoms with van der Waals surface area (Å²) < 4.78 is 27.4. The lowest BCUT2D eigenvalue weighted by molar-refractivity contribution is -0.0241. The van der Waals surface area contributed by atoms with Gasteiger partial charge in [-0.15, -0.1) is 10.2 Å². The van der Waals surface area contributed by atoms with Crippen molar-refractivity contribution in [1.82, 2.24) is 14.8 Å². The summed E-state index contributed by atoms with van der Waals surface area (Å²) in [5.41, 5.74) is 5.38. The minimum absolute atomic E-state index is 0.148. The first-order valence-electron chi connectivity index (χ1n) is 4.11. The zero-order valence-corrected chi connectivity index (χ0v) is 7.00. The molecular weight excluding hydrogens is 178 g/mol. The molecule has 0 bridgehead atoms. The molecule has 0 amide bonds. The average molecular weight is 188 g/mol. The molecule has 1 aromatic rings. The molecule has 0 aromatic carbocycles. The lowest BCUT2D eigenvalue weighted by Crippen LogP contribution is -2.30. The summed E-state index contributed by atoms with van der Waals surface area (Å²) in [5.74, 6) is -1.70. The van der Waals surface area contributed by atoms with Crippen LogP contribution in [0.4, 0.5) is 8.78 Å². The van der Waals surface area contributed by atoms with E-state index in [2.05, 4.69) is 10.2 Å². The van der Waals surface area contributed by atoms with E-state index in [1.165, 1.54) is 0 Å². The van der Waals surface area contributed by atoms with E-state index in [0.29, 0.717) is 11.6 Å². The predicted molar refractivity (Wildman–Crippen MR) is 41.2 cm³/mol. The van der Waals surface area contributed by atoms with E-state index < -0.39 is 5.92 Å². The van der Waals surface area contributed by atoms with Gasteiger partial charge in [-0.3, -0.25) is 0 Å². The van der Waals surface area contributed by atoms with Crippen molar-refractivity contribution < 1.29 is 8.78 Å². The van der Waals surface area contributed by atoms with Crippen molar-refractivity contribution in [3.8, 4) is 0 Å². The van der Waals surface area contributed by atoms with Gasteiger partial charge in [0.05, 0.1) is 13.0 Å². The number of hydrogen-bond donors (Lipinski definition) is 1. The second-order valence-electron chi connectivity index (χ2n) is 3.17. The molecule has 2 heterocycles. The molecule has 13 heavy (non-hydrogen) atoms. The number of nitrogens with zero attached hydrogens (tertiary/aromatic N) is 3. The van der Waals surface area contributed by atoms with Crippen LogP contribution in [0, 0.1) is 0 Å². The smallest absolute Gasteiger partial charge is 0.256 e. The molecule has 0 aliphatic carbocycles. The van der Waals surface area contributed by atoms with Gasteiger partial charge < -0.3 is 10.3 Å². The van der Waals surface area contributed by atoms with Crippen LogP contribution in [0.15, 0.2) is 0 Å². The van der Waals surface area contributed by atoms with E-state index in [9.17, 15) is 8.78 Å². The average Bonchev–Trinajstić information content (AvgIpc) is 2.44. The number of halogens is 2. The Bertz CT molecular complexity index is 320. The van der Waals surface area contributed by atoms with E-state index in [-0.39, 0.29) is 25.9 Å². The first kappa shape index (κ1) is 8.55. The van der Waals surface area contributed by atoms with Crippen LogP contribution in [0.2, 0.25) is 0 Å². The summed E-state index contributed by atoms with van der Waals surface area (Å²) in [6.45, 7) is 0.514. The predicted octanol–water partition coefficient (Wildman–Crippen LogP) is 0.318. The molecule has 72 valence electrons. The van der Waals surface area contributed by atoms with Crippen molar-refractivity contribution in [2.24, 2.45) is 5.73 Å². The maximum absolute atomic E-state index is 12.9. The van der Waals surface area contributed by atoms with Gasteiger partial charge in [0.2, 0.25) is 0 Å². The Labute approximate surface area is 73.7 Å². The number of hydrogen-bond acceptors (Lipinski definition) is 3. The maximum Gasteiger partial charge on any atom is 0.256 e. The van der Waals surface area contributed by atoms with Crippen LogP contribution in [-0.4, -0.2) is 20.7 Å². The second kappa shape index (κ2) is 2.73. The molecular formula is C7H10F2N4. The first-order chi connectivity index (χ1) is 6.12. The highest BCUT2D eigenvalue weighted by atomic mass is 19.3. The summed E-state index contributed by atoms with van der Waals surface area (Å²) in [4.78, 5) is 0. The molecule has 0 saturated heterocycles. The molecule has 1 aliphatic heterocycles. The van der Waals surface area contributed by atoms with E-state index >= 15 is 0 Å². The van der Waals surface area contributed by atoms with Gasteiger partial charge in [0.25, 0.3) is 5.92 Å². The molecule has 0 unspecified atom stereocenters. The number of alkyl halides is 2. The van der Waals surface area contributed by atoms with Gasteiger partial charge in [-0.2, -0.15) is 0 Å². The maximum atomic E-state index is 12.9. The summed E-state index contributed by atoms with van der Waals surface area (Å²) in [5, 5.41) is 7.41. The zero-order chi connectivity index (χ0) is 9.47. The van der Waals surface area contributed by atoms with Crippen LogP contribution >= 0.6 is 0 Å². The molecule has 0 saturated carbocycles. The zero-order valence-electron chi connectivity index (χ0n) is 7.00. The largest absolute Gasteiger partial charge is 0.324 e. The van der Waals surface area contributed by atoms with Crippen molar-refractivity contribution in [3.05, 3.63) is 11.6 Å². The van der Waals surface area contributed by atoms with Gasteiger partial charge in [0.15, 0.2) is 0 Å². The minimum Gasteiger partial charge on any atom is -0.324 e. The Hall–Kier alpha value is -1.04. The van der Waals surface area contributed by atoms with Gasteiger partial charge in [0, 0.05) is 13.0 Å². The van der Waals surface area contributed by atoms with Crippen LogP contribution in [0.5, 0.6) is 0 Å². The van der Waals surface area contributed by atoms with Crippen molar-refractivity contribution in [2.75, 3.05) is 0 Å². The topological polar surface area (TPSA) is 56.7 Å². The Morgan fingerprint density at radius 2 is 2.23 bits per heavy atom. The van der Waals surface area contributed by atoms with Crippen LogP contribution in [0.25, 0.3) is 0 Å². The fourth-order valence-electron chi connectivity index (χ4n) is 1.51. The van der Waals surface area contributed by atoms with Gasteiger partial charge in [0.1, 0.15) is 11.6 Å². The van der Waals surface area contributed by atoms with Gasteiger partial charge >= 0.3 is 0 Å².